The van der Waals surface area contributed by atoms with Gasteiger partial charge in [0.05, 0.1) is 11.7 Å². The third-order valence-corrected chi connectivity index (χ3v) is 5.89. The van der Waals surface area contributed by atoms with Crippen LogP contribution in [0.1, 0.15) is 28.8 Å². The molecule has 0 radical (unpaired) electrons. The average Bonchev–Trinajstić information content (AvgIpc) is 2.75. The lowest BCUT2D eigenvalue weighted by Gasteiger charge is -2.30. The van der Waals surface area contributed by atoms with Crippen LogP contribution in [-0.2, 0) is 15.3 Å². The summed E-state index contributed by atoms with van der Waals surface area (Å²) < 4.78 is 12.9. The van der Waals surface area contributed by atoms with Gasteiger partial charge in [-0.2, -0.15) is 0 Å². The van der Waals surface area contributed by atoms with Crippen LogP contribution in [0.2, 0.25) is 0 Å². The van der Waals surface area contributed by atoms with E-state index in [1.807, 2.05) is 12.1 Å². The van der Waals surface area contributed by atoms with Gasteiger partial charge in [-0.1, -0.05) is 12.1 Å². The summed E-state index contributed by atoms with van der Waals surface area (Å²) >= 11 is 1.44. The van der Waals surface area contributed by atoms with E-state index in [9.17, 15) is 23.9 Å². The summed E-state index contributed by atoms with van der Waals surface area (Å²) in [5.41, 5.74) is 2.06. The van der Waals surface area contributed by atoms with Gasteiger partial charge in [-0.05, 0) is 54.8 Å². The van der Waals surface area contributed by atoms with E-state index in [-0.39, 0.29) is 29.9 Å². The van der Waals surface area contributed by atoms with Gasteiger partial charge in [0.1, 0.15) is 5.82 Å². The molecule has 0 spiro atoms. The number of thioether (sulfide) groups is 1. The number of nitrogens with one attached hydrogen (secondary N) is 1. The number of carbonyl (C=O) groups is 3. The number of halogens is 1. The first kappa shape index (κ1) is 21.8. The smallest absolute Gasteiger partial charge is 0.308 e. The lowest BCUT2D eigenvalue weighted by molar-refractivity contribution is -0.143. The Balaban J connectivity index is 1.46. The minimum atomic E-state index is -0.858. The van der Waals surface area contributed by atoms with E-state index >= 15 is 0 Å². The predicted octanol–water partition coefficient (Wildman–Crippen LogP) is 3.63. The quantitative estimate of drug-likeness (QED) is 0.701. The highest BCUT2D eigenvalue weighted by molar-refractivity contribution is 7.99. The summed E-state index contributed by atoms with van der Waals surface area (Å²) in [7, 11) is 0. The van der Waals surface area contributed by atoms with Gasteiger partial charge >= 0.3 is 5.97 Å². The molecule has 1 heterocycles. The Hall–Kier alpha value is -2.87. The number of carbonyl (C=O) groups excluding carboxylic acids is 2. The van der Waals surface area contributed by atoms with Crippen molar-refractivity contribution in [3.05, 3.63) is 65.5 Å². The van der Waals surface area contributed by atoms with Crippen LogP contribution in [0.4, 0.5) is 10.1 Å². The van der Waals surface area contributed by atoms with Crippen molar-refractivity contribution in [2.75, 3.05) is 24.2 Å². The van der Waals surface area contributed by atoms with Crippen LogP contribution in [0.25, 0.3) is 0 Å². The number of likely N-dealkylation sites (tertiary alicyclic amines) is 1. The Kier molecular flexibility index (Phi) is 7.46. The molecule has 1 aliphatic rings. The number of hydrogen-bond acceptors (Lipinski definition) is 4. The highest BCUT2D eigenvalue weighted by Gasteiger charge is 2.28. The molecule has 1 aliphatic heterocycles. The maximum atomic E-state index is 12.9. The first-order valence-electron chi connectivity index (χ1n) is 9.66. The third kappa shape index (κ3) is 6.06. The Morgan fingerprint density at radius 1 is 1.10 bits per heavy atom. The molecule has 2 aromatic carbocycles. The number of carboxylic acids is 1. The van der Waals surface area contributed by atoms with Crippen molar-refractivity contribution in [3.63, 3.8) is 0 Å². The van der Waals surface area contributed by atoms with Crippen LogP contribution in [-0.4, -0.2) is 46.6 Å². The molecule has 1 fully saturated rings. The fourth-order valence-electron chi connectivity index (χ4n) is 3.28. The second-order valence-corrected chi connectivity index (χ2v) is 8.16. The number of nitrogens with zero attached hydrogens (tertiary/aromatic N) is 1. The normalized spacial score (nSPS) is 16.2. The van der Waals surface area contributed by atoms with Crippen molar-refractivity contribution >= 4 is 35.2 Å². The first-order chi connectivity index (χ1) is 14.4. The van der Waals surface area contributed by atoms with Crippen LogP contribution in [0.5, 0.6) is 0 Å². The molecule has 2 amide bonds. The molecule has 2 N–H and O–H groups in total. The molecule has 0 aromatic heterocycles. The van der Waals surface area contributed by atoms with Gasteiger partial charge in [-0.25, -0.2) is 4.39 Å². The van der Waals surface area contributed by atoms with Gasteiger partial charge in [0.15, 0.2) is 0 Å². The van der Waals surface area contributed by atoms with Crippen molar-refractivity contribution in [2.24, 2.45) is 5.92 Å². The van der Waals surface area contributed by atoms with Gasteiger partial charge in [0, 0.05) is 30.1 Å². The number of rotatable bonds is 7. The Morgan fingerprint density at radius 2 is 1.80 bits per heavy atom. The minimum Gasteiger partial charge on any atom is -0.481 e. The van der Waals surface area contributed by atoms with E-state index in [0.717, 1.165) is 5.56 Å². The number of piperidine rings is 1. The monoisotopic (exact) mass is 430 g/mol. The summed E-state index contributed by atoms with van der Waals surface area (Å²) in [6.07, 6.45) is 1.29. The zero-order chi connectivity index (χ0) is 21.5. The lowest BCUT2D eigenvalue weighted by atomic mass is 9.97. The predicted molar refractivity (Wildman–Crippen MR) is 114 cm³/mol. The van der Waals surface area contributed by atoms with E-state index in [0.29, 0.717) is 36.4 Å². The molecule has 3 rings (SSSR count). The molecule has 0 bridgehead atoms. The topological polar surface area (TPSA) is 86.7 Å². The van der Waals surface area contributed by atoms with Crippen molar-refractivity contribution in [1.82, 2.24) is 4.90 Å². The van der Waals surface area contributed by atoms with Gasteiger partial charge in [0.25, 0.3) is 5.91 Å². The molecule has 0 aliphatic carbocycles. The molecule has 158 valence electrons. The number of benzene rings is 2. The van der Waals surface area contributed by atoms with Gasteiger partial charge in [-0.15, -0.1) is 11.8 Å². The molecule has 1 saturated heterocycles. The molecule has 1 unspecified atom stereocenters. The first-order valence-corrected chi connectivity index (χ1v) is 10.8. The van der Waals surface area contributed by atoms with Gasteiger partial charge in [-0.3, -0.25) is 14.4 Å². The van der Waals surface area contributed by atoms with Crippen molar-refractivity contribution in [1.29, 1.82) is 0 Å². The molecule has 2 aromatic rings. The van der Waals surface area contributed by atoms with Crippen LogP contribution in [0.15, 0.2) is 48.5 Å². The molecular formula is C22H23FN2O4S. The van der Waals surface area contributed by atoms with Crippen LogP contribution < -0.4 is 5.32 Å². The largest absolute Gasteiger partial charge is 0.481 e. The summed E-state index contributed by atoms with van der Waals surface area (Å²) in [5.74, 6) is -1.18. The Bertz CT molecular complexity index is 902. The molecule has 30 heavy (non-hydrogen) atoms. The molecular weight excluding hydrogens is 407 g/mol. The molecule has 0 saturated carbocycles. The fourth-order valence-corrected chi connectivity index (χ4v) is 4.07. The summed E-state index contributed by atoms with van der Waals surface area (Å²) in [6, 6.07) is 12.8. The van der Waals surface area contributed by atoms with Gasteiger partial charge in [0.2, 0.25) is 5.91 Å². The SMILES string of the molecule is O=C(CSCc1ccc(C(=O)N2CCCC(C(=O)O)C2)cc1)Nc1ccc(F)cc1. The maximum Gasteiger partial charge on any atom is 0.308 e. The average molecular weight is 431 g/mol. The molecule has 8 heteroatoms. The number of anilines is 1. The van der Waals surface area contributed by atoms with Crippen molar-refractivity contribution < 1.29 is 23.9 Å². The summed E-state index contributed by atoms with van der Waals surface area (Å²) in [5, 5.41) is 11.9. The van der Waals surface area contributed by atoms with Gasteiger partial charge < -0.3 is 15.3 Å². The Labute approximate surface area is 178 Å². The fraction of sp³-hybridized carbons (Fsp3) is 0.318. The molecule has 6 nitrogen and oxygen atoms in total. The van der Waals surface area contributed by atoms with E-state index in [2.05, 4.69) is 5.32 Å². The zero-order valence-corrected chi connectivity index (χ0v) is 17.2. The number of aliphatic carboxylic acids is 1. The maximum absolute atomic E-state index is 12.9. The number of carboxylic acid groups (broad SMARTS) is 1. The molecule has 1 atom stereocenters. The van der Waals surface area contributed by atoms with Crippen molar-refractivity contribution in [2.45, 2.75) is 18.6 Å². The van der Waals surface area contributed by atoms with Crippen LogP contribution >= 0.6 is 11.8 Å². The standard InChI is InChI=1S/C22H23FN2O4S/c23-18-7-9-19(10-8-18)24-20(26)14-30-13-15-3-5-16(6-4-15)21(27)25-11-1-2-17(12-25)22(28)29/h3-10,17H,1-2,11-14H2,(H,24,26)(H,28,29). The minimum absolute atomic E-state index is 0.154. The second-order valence-electron chi connectivity index (χ2n) is 7.17. The second kappa shape index (κ2) is 10.2. The van der Waals surface area contributed by atoms with Crippen LogP contribution in [0, 0.1) is 11.7 Å². The zero-order valence-electron chi connectivity index (χ0n) is 16.3. The highest BCUT2D eigenvalue weighted by atomic mass is 32.2. The summed E-state index contributed by atoms with van der Waals surface area (Å²) in [4.78, 5) is 37.4. The number of hydrogen-bond donors (Lipinski definition) is 2. The third-order valence-electron chi connectivity index (χ3n) is 4.89. The number of amides is 2. The lowest BCUT2D eigenvalue weighted by Crippen LogP contribution is -2.42. The van der Waals surface area contributed by atoms with E-state index in [1.54, 1.807) is 17.0 Å². The summed E-state index contributed by atoms with van der Waals surface area (Å²) in [6.45, 7) is 0.818. The van der Waals surface area contributed by atoms with Crippen molar-refractivity contribution in [3.8, 4) is 0 Å². The van der Waals surface area contributed by atoms with E-state index < -0.39 is 11.9 Å². The van der Waals surface area contributed by atoms with Crippen LogP contribution in [0.3, 0.4) is 0 Å². The van der Waals surface area contributed by atoms with E-state index in [1.165, 1.54) is 36.0 Å². The Morgan fingerprint density at radius 3 is 2.47 bits per heavy atom. The highest BCUT2D eigenvalue weighted by Crippen LogP contribution is 2.20. The van der Waals surface area contributed by atoms with E-state index in [4.69, 9.17) is 0 Å².